The van der Waals surface area contributed by atoms with Crippen molar-refractivity contribution in [3.63, 3.8) is 0 Å². The van der Waals surface area contributed by atoms with Crippen LogP contribution >= 0.6 is 0 Å². The molecule has 0 aromatic rings. The number of ether oxygens (including phenoxy) is 3. The molecule has 0 spiro atoms. The van der Waals surface area contributed by atoms with Gasteiger partial charge in [0, 0.05) is 6.42 Å². The lowest BCUT2D eigenvalue weighted by molar-refractivity contribution is -0.305. The Balaban J connectivity index is 2.48. The summed E-state index contributed by atoms with van der Waals surface area (Å²) in [7, 11) is 0. The molecule has 0 aromatic carbocycles. The van der Waals surface area contributed by atoms with E-state index in [1.807, 2.05) is 6.08 Å². The molecule has 1 heterocycles. The maximum Gasteiger partial charge on any atom is 0.306 e. The first-order chi connectivity index (χ1) is 46.7. The van der Waals surface area contributed by atoms with Gasteiger partial charge in [0.25, 0.3) is 0 Å². The molecule has 11 nitrogen and oxygen atoms in total. The molecule has 1 fully saturated rings. The van der Waals surface area contributed by atoms with Crippen LogP contribution in [0.4, 0.5) is 0 Å². The molecule has 0 aliphatic carbocycles. The summed E-state index contributed by atoms with van der Waals surface area (Å²) in [6.07, 6.45) is 81.7. The maximum absolute atomic E-state index is 13.6. The van der Waals surface area contributed by atoms with Crippen LogP contribution in [-0.2, 0) is 23.8 Å². The Morgan fingerprint density at radius 3 is 1.11 bits per heavy atom. The molecule has 0 saturated carbocycles. The number of aliphatic hydroxyl groups is 5. The molecule has 1 aliphatic rings. The molecule has 11 heteroatoms. The van der Waals surface area contributed by atoms with E-state index in [0.717, 1.165) is 70.6 Å². The van der Waals surface area contributed by atoms with Crippen LogP contribution in [0.5, 0.6) is 0 Å². The predicted octanol–water partition coefficient (Wildman–Crippen LogP) is 22.6. The number of allylic oxidation sites excluding steroid dienone is 7. The van der Waals surface area contributed by atoms with E-state index in [0.29, 0.717) is 19.3 Å². The number of carbonyl (C=O) groups excluding carboxylic acids is 2. The van der Waals surface area contributed by atoms with Gasteiger partial charge >= 0.3 is 5.97 Å². The molecule has 0 radical (unpaired) electrons. The number of hydrogen-bond donors (Lipinski definition) is 6. The maximum atomic E-state index is 13.6. The first-order valence-corrected chi connectivity index (χ1v) is 41.4. The summed E-state index contributed by atoms with van der Waals surface area (Å²) >= 11 is 0. The Hall–Kier alpha value is -2.38. The van der Waals surface area contributed by atoms with Crippen LogP contribution in [0.15, 0.2) is 48.6 Å². The van der Waals surface area contributed by atoms with Crippen LogP contribution in [0, 0.1) is 0 Å². The summed E-state index contributed by atoms with van der Waals surface area (Å²) < 4.78 is 17.8. The second-order valence-electron chi connectivity index (χ2n) is 28.9. The van der Waals surface area contributed by atoms with Gasteiger partial charge in [-0.2, -0.15) is 0 Å². The van der Waals surface area contributed by atoms with E-state index < -0.39 is 67.4 Å². The molecule has 0 aromatic heterocycles. The minimum absolute atomic E-state index is 0.129. The van der Waals surface area contributed by atoms with Gasteiger partial charge in [0.15, 0.2) is 12.4 Å². The number of nitrogens with one attached hydrogen (secondary N) is 1. The van der Waals surface area contributed by atoms with E-state index >= 15 is 0 Å². The van der Waals surface area contributed by atoms with E-state index in [-0.39, 0.29) is 13.0 Å². The monoisotopic (exact) mass is 1340 g/mol. The molecule has 0 bridgehead atoms. The molecule has 8 unspecified atom stereocenters. The first kappa shape index (κ1) is 90.6. The molecule has 6 N–H and O–H groups in total. The van der Waals surface area contributed by atoms with E-state index in [1.165, 1.54) is 295 Å². The smallest absolute Gasteiger partial charge is 0.306 e. The van der Waals surface area contributed by atoms with Crippen LogP contribution in [0.25, 0.3) is 0 Å². The Kier molecular flexibility index (Phi) is 68.2. The SMILES string of the molecule is CCCCC/C=C\C/C=C\C/C=C\CCCCCCCCCCCCCCCC(O)C(=O)NC(COC1OC(CO)C(O)C(O)C1OC(=O)CCCCCCCCCCCCCCCCCCCCCCCCCCCCC)C(O)/C=C/CCCCCCCCCCCCC. The van der Waals surface area contributed by atoms with Gasteiger partial charge < -0.3 is 45.1 Å². The topological polar surface area (TPSA) is 175 Å². The lowest BCUT2D eigenvalue weighted by Gasteiger charge is -2.41. The van der Waals surface area contributed by atoms with Crippen LogP contribution < -0.4 is 5.32 Å². The van der Waals surface area contributed by atoms with E-state index in [4.69, 9.17) is 14.2 Å². The number of aliphatic hydroxyl groups excluding tert-OH is 5. The lowest BCUT2D eigenvalue weighted by atomic mass is 9.99. The van der Waals surface area contributed by atoms with Gasteiger partial charge in [-0.15, -0.1) is 0 Å². The Morgan fingerprint density at radius 1 is 0.411 bits per heavy atom. The minimum atomic E-state index is -1.61. The highest BCUT2D eigenvalue weighted by Crippen LogP contribution is 2.27. The number of esters is 1. The van der Waals surface area contributed by atoms with Gasteiger partial charge in [0.1, 0.15) is 24.4 Å². The van der Waals surface area contributed by atoms with Crippen molar-refractivity contribution in [2.24, 2.45) is 0 Å². The largest absolute Gasteiger partial charge is 0.454 e. The summed E-state index contributed by atoms with van der Waals surface area (Å²) in [5.74, 6) is -1.17. The zero-order valence-electron chi connectivity index (χ0n) is 62.6. The van der Waals surface area contributed by atoms with Crippen molar-refractivity contribution in [3.05, 3.63) is 48.6 Å². The Bertz CT molecular complexity index is 1740. The van der Waals surface area contributed by atoms with E-state index in [9.17, 15) is 35.1 Å². The van der Waals surface area contributed by atoms with Gasteiger partial charge in [0.05, 0.1) is 25.4 Å². The summed E-state index contributed by atoms with van der Waals surface area (Å²) in [4.78, 5) is 26.8. The third kappa shape index (κ3) is 58.0. The zero-order chi connectivity index (χ0) is 68.8. The van der Waals surface area contributed by atoms with E-state index in [1.54, 1.807) is 6.08 Å². The molecular weight excluding hydrogens is 1180 g/mol. The molecule has 1 saturated heterocycles. The van der Waals surface area contributed by atoms with Crippen molar-refractivity contribution in [1.82, 2.24) is 5.32 Å². The summed E-state index contributed by atoms with van der Waals surface area (Å²) in [5.41, 5.74) is 0. The Labute approximate surface area is 586 Å². The van der Waals surface area contributed by atoms with Crippen molar-refractivity contribution in [2.45, 2.75) is 461 Å². The van der Waals surface area contributed by atoms with Gasteiger partial charge in [-0.3, -0.25) is 9.59 Å². The average Bonchev–Trinajstić information content (AvgIpc) is 0.829. The first-order valence-electron chi connectivity index (χ1n) is 41.4. The molecule has 1 rings (SSSR count). The second-order valence-corrected chi connectivity index (χ2v) is 28.9. The van der Waals surface area contributed by atoms with E-state index in [2.05, 4.69) is 62.5 Å². The number of amides is 1. The fraction of sp³-hybridized carbons (Fsp3) is 0.881. The van der Waals surface area contributed by atoms with Crippen molar-refractivity contribution < 1.29 is 49.3 Å². The highest BCUT2D eigenvalue weighted by Gasteiger charge is 2.47. The normalized spacial score (nSPS) is 17.9. The Morgan fingerprint density at radius 2 is 0.726 bits per heavy atom. The van der Waals surface area contributed by atoms with Crippen LogP contribution in [0.1, 0.15) is 412 Å². The molecule has 1 amide bonds. The summed E-state index contributed by atoms with van der Waals surface area (Å²) in [5, 5.41) is 57.5. The number of unbranched alkanes of at least 4 members (excludes halogenated alkanes) is 53. The van der Waals surface area contributed by atoms with Crippen molar-refractivity contribution in [2.75, 3.05) is 13.2 Å². The second kappa shape index (κ2) is 71.4. The number of carbonyl (C=O) groups is 2. The summed E-state index contributed by atoms with van der Waals surface area (Å²) in [6.45, 7) is 5.85. The third-order valence-electron chi connectivity index (χ3n) is 19.7. The fourth-order valence-corrected chi connectivity index (χ4v) is 13.3. The van der Waals surface area contributed by atoms with Crippen LogP contribution in [0.2, 0.25) is 0 Å². The van der Waals surface area contributed by atoms with Gasteiger partial charge in [-0.25, -0.2) is 0 Å². The standard InChI is InChI=1S/C84H157NO10/c1-4-7-10-13-16-19-22-25-27-29-31-33-35-37-39-41-43-45-47-49-51-54-57-60-63-66-69-72-79(89)95-82-81(91)80(90)78(73-86)94-84(82)93-74-75(76(87)70-67-64-61-58-55-52-24-21-18-15-12-9-6-3)85-83(92)77(88)71-68-65-62-59-56-53-50-48-46-44-42-40-38-36-34-32-30-28-26-23-20-17-14-11-8-5-2/h17,20,26,28,32,34,67,70,75-78,80-82,84,86-88,90-91H,4-16,18-19,21-25,27,29-31,33,35-66,68-69,71-74H2,1-3H3,(H,85,92)/b20-17-,28-26-,34-32-,70-67+. The number of rotatable bonds is 73. The predicted molar refractivity (Wildman–Crippen MR) is 403 cm³/mol. The highest BCUT2D eigenvalue weighted by molar-refractivity contribution is 5.80. The summed E-state index contributed by atoms with van der Waals surface area (Å²) in [6, 6.07) is -1.02. The van der Waals surface area contributed by atoms with Crippen molar-refractivity contribution >= 4 is 11.9 Å². The minimum Gasteiger partial charge on any atom is -0.454 e. The lowest BCUT2D eigenvalue weighted by Crippen LogP contribution is -2.61. The van der Waals surface area contributed by atoms with Gasteiger partial charge in [0.2, 0.25) is 5.91 Å². The third-order valence-corrected chi connectivity index (χ3v) is 19.7. The molecular formula is C84H157NO10. The van der Waals surface area contributed by atoms with Crippen LogP contribution in [-0.4, -0.2) is 99.6 Å². The van der Waals surface area contributed by atoms with Crippen molar-refractivity contribution in [3.8, 4) is 0 Å². The van der Waals surface area contributed by atoms with Gasteiger partial charge in [-0.1, -0.05) is 390 Å². The van der Waals surface area contributed by atoms with Gasteiger partial charge in [-0.05, 0) is 64.2 Å². The molecule has 95 heavy (non-hydrogen) atoms. The van der Waals surface area contributed by atoms with Crippen LogP contribution in [0.3, 0.4) is 0 Å². The fourth-order valence-electron chi connectivity index (χ4n) is 13.3. The van der Waals surface area contributed by atoms with Crippen molar-refractivity contribution in [1.29, 1.82) is 0 Å². The average molecular weight is 1340 g/mol. The molecule has 1 aliphatic heterocycles. The number of hydrogen-bond acceptors (Lipinski definition) is 10. The quantitative estimate of drug-likeness (QED) is 0.0195. The zero-order valence-corrected chi connectivity index (χ0v) is 62.6. The molecule has 558 valence electrons. The highest BCUT2D eigenvalue weighted by atomic mass is 16.7. The molecule has 8 atom stereocenters.